The van der Waals surface area contributed by atoms with Crippen LogP contribution < -0.4 is 10.1 Å². The highest BCUT2D eigenvalue weighted by Gasteiger charge is 2.32. The van der Waals surface area contributed by atoms with Crippen LogP contribution >= 0.6 is 11.6 Å². The van der Waals surface area contributed by atoms with Crippen LogP contribution in [0.15, 0.2) is 48.5 Å². The van der Waals surface area contributed by atoms with Gasteiger partial charge in [0.2, 0.25) is 0 Å². The van der Waals surface area contributed by atoms with Crippen molar-refractivity contribution < 1.29 is 22.8 Å². The van der Waals surface area contributed by atoms with Gasteiger partial charge in [-0.25, -0.2) is 4.98 Å². The van der Waals surface area contributed by atoms with Gasteiger partial charge in [-0.2, -0.15) is 0 Å². The molecule has 0 aliphatic heterocycles. The molecule has 1 N–H and O–H groups in total. The van der Waals surface area contributed by atoms with Gasteiger partial charge < -0.3 is 10.1 Å². The van der Waals surface area contributed by atoms with Gasteiger partial charge in [-0.05, 0) is 30.3 Å². The minimum absolute atomic E-state index is 0.0612. The number of halogens is 4. The summed E-state index contributed by atoms with van der Waals surface area (Å²) in [6.45, 7) is 0. The van der Waals surface area contributed by atoms with E-state index in [-0.39, 0.29) is 27.4 Å². The predicted molar refractivity (Wildman–Crippen MR) is 89.8 cm³/mol. The molecule has 0 amide bonds. The second-order valence-electron chi connectivity index (χ2n) is 5.12. The Labute approximate surface area is 149 Å². The lowest BCUT2D eigenvalue weighted by atomic mass is 10.1. The number of nitro groups is 1. The van der Waals surface area contributed by atoms with E-state index in [4.69, 9.17) is 11.6 Å². The zero-order valence-corrected chi connectivity index (χ0v) is 13.5. The fraction of sp³-hybridized carbons (Fsp3) is 0.0625. The quantitative estimate of drug-likeness (QED) is 0.369. The summed E-state index contributed by atoms with van der Waals surface area (Å²) in [5.41, 5.74) is 0.715. The highest BCUT2D eigenvalue weighted by molar-refractivity contribution is 6.30. The number of fused-ring (bicyclic) bond motifs is 1. The first kappa shape index (κ1) is 17.7. The smallest absolute Gasteiger partial charge is 0.405 e. The molecule has 0 unspecified atom stereocenters. The number of alkyl halides is 3. The molecule has 26 heavy (non-hydrogen) atoms. The number of benzene rings is 2. The topological polar surface area (TPSA) is 77.3 Å². The molecule has 10 heteroatoms. The fourth-order valence-electron chi connectivity index (χ4n) is 2.35. The molecule has 3 rings (SSSR count). The van der Waals surface area contributed by atoms with Crippen molar-refractivity contribution in [2.45, 2.75) is 6.36 Å². The largest absolute Gasteiger partial charge is 0.573 e. The standard InChI is InChI=1S/C16H9ClF3N3O3/c17-14-8-12(21-9-4-6-10(7-5-9)23(24)25)15-11(22-14)2-1-3-13(15)26-16(18,19)20/h1-8H,(H,21,22). The molecule has 0 saturated heterocycles. The minimum Gasteiger partial charge on any atom is -0.405 e. The summed E-state index contributed by atoms with van der Waals surface area (Å²) in [5, 5.41) is 13.7. The highest BCUT2D eigenvalue weighted by Crippen LogP contribution is 2.37. The molecule has 0 atom stereocenters. The molecule has 1 aromatic heterocycles. The number of anilines is 2. The van der Waals surface area contributed by atoms with E-state index in [1.165, 1.54) is 42.5 Å². The van der Waals surface area contributed by atoms with Crippen LogP contribution in [0.2, 0.25) is 5.15 Å². The number of hydrogen-bond donors (Lipinski definition) is 1. The van der Waals surface area contributed by atoms with Crippen LogP contribution in [-0.4, -0.2) is 16.3 Å². The molecule has 6 nitrogen and oxygen atoms in total. The number of pyridine rings is 1. The van der Waals surface area contributed by atoms with Crippen LogP contribution in [0, 0.1) is 10.1 Å². The Kier molecular flexibility index (Phi) is 4.56. The maximum Gasteiger partial charge on any atom is 0.573 e. The number of nitro benzene ring substituents is 1. The SMILES string of the molecule is O=[N+]([O-])c1ccc(Nc2cc(Cl)nc3cccc(OC(F)(F)F)c23)cc1. The van der Waals surface area contributed by atoms with Crippen molar-refractivity contribution in [3.8, 4) is 5.75 Å². The summed E-state index contributed by atoms with van der Waals surface area (Å²) in [5.74, 6) is -0.441. The lowest BCUT2D eigenvalue weighted by Gasteiger charge is -2.15. The van der Waals surface area contributed by atoms with E-state index in [1.54, 1.807) is 0 Å². The van der Waals surface area contributed by atoms with Gasteiger partial charge in [-0.3, -0.25) is 10.1 Å². The number of nitrogens with one attached hydrogen (secondary N) is 1. The van der Waals surface area contributed by atoms with Crippen molar-refractivity contribution in [1.82, 2.24) is 4.98 Å². The molecule has 0 spiro atoms. The van der Waals surface area contributed by atoms with E-state index in [2.05, 4.69) is 15.0 Å². The molecule has 0 bridgehead atoms. The van der Waals surface area contributed by atoms with Crippen molar-refractivity contribution >= 4 is 39.6 Å². The van der Waals surface area contributed by atoms with E-state index in [0.717, 1.165) is 6.07 Å². The molecule has 3 aromatic rings. The van der Waals surface area contributed by atoms with E-state index in [0.29, 0.717) is 5.69 Å². The van der Waals surface area contributed by atoms with Crippen LogP contribution in [-0.2, 0) is 0 Å². The Bertz CT molecular complexity index is 978. The normalized spacial score (nSPS) is 11.4. The molecule has 134 valence electrons. The van der Waals surface area contributed by atoms with Gasteiger partial charge in [0.1, 0.15) is 10.9 Å². The van der Waals surface area contributed by atoms with Gasteiger partial charge in [0, 0.05) is 17.8 Å². The Morgan fingerprint density at radius 2 is 1.85 bits per heavy atom. The lowest BCUT2D eigenvalue weighted by Crippen LogP contribution is -2.17. The zero-order valence-electron chi connectivity index (χ0n) is 12.7. The van der Waals surface area contributed by atoms with Crippen molar-refractivity contribution in [3.63, 3.8) is 0 Å². The molecule has 0 aliphatic rings. The summed E-state index contributed by atoms with van der Waals surface area (Å²) >= 11 is 5.94. The van der Waals surface area contributed by atoms with Crippen LogP contribution in [0.5, 0.6) is 5.75 Å². The van der Waals surface area contributed by atoms with Crippen LogP contribution in [0.25, 0.3) is 10.9 Å². The third kappa shape index (κ3) is 3.94. The molecular formula is C16H9ClF3N3O3. The summed E-state index contributed by atoms with van der Waals surface area (Å²) in [7, 11) is 0. The molecule has 0 radical (unpaired) electrons. The first-order valence-corrected chi connectivity index (χ1v) is 7.47. The summed E-state index contributed by atoms with van der Waals surface area (Å²) in [6.07, 6.45) is -4.88. The van der Waals surface area contributed by atoms with Gasteiger partial charge in [0.15, 0.2) is 0 Å². The first-order valence-electron chi connectivity index (χ1n) is 7.09. The monoisotopic (exact) mass is 383 g/mol. The van der Waals surface area contributed by atoms with Gasteiger partial charge >= 0.3 is 6.36 Å². The lowest BCUT2D eigenvalue weighted by molar-refractivity contribution is -0.384. The summed E-state index contributed by atoms with van der Waals surface area (Å²) in [4.78, 5) is 14.1. The third-order valence-electron chi connectivity index (χ3n) is 3.35. The van der Waals surface area contributed by atoms with Crippen LogP contribution in [0.3, 0.4) is 0 Å². The Hall–Kier alpha value is -3.07. The average Bonchev–Trinajstić information content (AvgIpc) is 2.53. The number of nitrogens with zero attached hydrogens (tertiary/aromatic N) is 2. The number of ether oxygens (including phenoxy) is 1. The first-order chi connectivity index (χ1) is 12.2. The van der Waals surface area contributed by atoms with Crippen LogP contribution in [0.4, 0.5) is 30.2 Å². The fourth-order valence-corrected chi connectivity index (χ4v) is 2.55. The van der Waals surface area contributed by atoms with Crippen molar-refractivity contribution in [3.05, 3.63) is 63.8 Å². The predicted octanol–water partition coefficient (Wildman–Crippen LogP) is 5.44. The van der Waals surface area contributed by atoms with Gasteiger partial charge in [0.25, 0.3) is 5.69 Å². The van der Waals surface area contributed by atoms with Crippen molar-refractivity contribution in [2.24, 2.45) is 0 Å². The molecule has 2 aromatic carbocycles. The molecular weight excluding hydrogens is 375 g/mol. The van der Waals surface area contributed by atoms with E-state index >= 15 is 0 Å². The Balaban J connectivity index is 2.07. The van der Waals surface area contributed by atoms with E-state index in [1.807, 2.05) is 0 Å². The summed E-state index contributed by atoms with van der Waals surface area (Å²) in [6, 6.07) is 10.7. The summed E-state index contributed by atoms with van der Waals surface area (Å²) < 4.78 is 42.1. The highest BCUT2D eigenvalue weighted by atomic mass is 35.5. The molecule has 0 saturated carbocycles. The number of hydrogen-bond acceptors (Lipinski definition) is 5. The number of aromatic nitrogens is 1. The van der Waals surface area contributed by atoms with Gasteiger partial charge in [-0.1, -0.05) is 17.7 Å². The number of non-ortho nitro benzene ring substituents is 1. The van der Waals surface area contributed by atoms with Crippen LogP contribution in [0.1, 0.15) is 0 Å². The zero-order chi connectivity index (χ0) is 18.9. The third-order valence-corrected chi connectivity index (χ3v) is 3.54. The van der Waals surface area contributed by atoms with E-state index < -0.39 is 17.0 Å². The second-order valence-corrected chi connectivity index (χ2v) is 5.51. The second kappa shape index (κ2) is 6.68. The van der Waals surface area contributed by atoms with Crippen molar-refractivity contribution in [2.75, 3.05) is 5.32 Å². The molecule has 0 aliphatic carbocycles. The maximum absolute atomic E-state index is 12.7. The molecule has 1 heterocycles. The average molecular weight is 384 g/mol. The Morgan fingerprint density at radius 1 is 1.15 bits per heavy atom. The molecule has 0 fully saturated rings. The van der Waals surface area contributed by atoms with Crippen molar-refractivity contribution in [1.29, 1.82) is 0 Å². The maximum atomic E-state index is 12.7. The van der Waals surface area contributed by atoms with Gasteiger partial charge in [-0.15, -0.1) is 13.2 Å². The Morgan fingerprint density at radius 3 is 2.46 bits per heavy atom. The minimum atomic E-state index is -4.88. The van der Waals surface area contributed by atoms with Gasteiger partial charge in [0.05, 0.1) is 21.5 Å². The number of rotatable bonds is 4. The van der Waals surface area contributed by atoms with E-state index in [9.17, 15) is 23.3 Å².